The summed E-state index contributed by atoms with van der Waals surface area (Å²) in [6.07, 6.45) is 7.72. The molecule has 2 aromatic heterocycles. The standard InChI is InChI=1S/C34H25N3/c1-2-10-24(11-3-1)30-22-37-33(34-35-20-9-21-36-34)32(29-19-18-25-13-5-7-16-27(25)29)31(30)28-17-8-14-23-12-4-6-15-26(23)28/h1-17,20-22,29H,18-19H2. The third-order valence-electron chi connectivity index (χ3n) is 7.52. The van der Waals surface area contributed by atoms with Crippen LogP contribution in [0.15, 0.2) is 122 Å². The fraction of sp³-hybridized carbons (Fsp3) is 0.0882. The minimum Gasteiger partial charge on any atom is -0.252 e. The quantitative estimate of drug-likeness (QED) is 0.258. The Bertz CT molecular complexity index is 1720. The lowest BCUT2D eigenvalue weighted by atomic mass is 9.81. The van der Waals surface area contributed by atoms with Gasteiger partial charge in [-0.1, -0.05) is 97.1 Å². The fourth-order valence-electron chi connectivity index (χ4n) is 5.89. The summed E-state index contributed by atoms with van der Waals surface area (Å²) < 4.78 is 0. The van der Waals surface area contributed by atoms with Crippen LogP contribution in [0.1, 0.15) is 29.0 Å². The maximum Gasteiger partial charge on any atom is 0.178 e. The van der Waals surface area contributed by atoms with Crippen LogP contribution in [0.5, 0.6) is 0 Å². The van der Waals surface area contributed by atoms with Gasteiger partial charge in [0.25, 0.3) is 0 Å². The minimum atomic E-state index is 0.208. The highest BCUT2D eigenvalue weighted by Crippen LogP contribution is 2.49. The first kappa shape index (κ1) is 21.6. The van der Waals surface area contributed by atoms with E-state index in [1.165, 1.54) is 38.6 Å². The second-order valence-corrected chi connectivity index (χ2v) is 9.56. The van der Waals surface area contributed by atoms with Gasteiger partial charge in [-0.25, -0.2) is 9.97 Å². The second-order valence-electron chi connectivity index (χ2n) is 9.56. The highest BCUT2D eigenvalue weighted by Gasteiger charge is 2.32. The van der Waals surface area contributed by atoms with Crippen molar-refractivity contribution in [2.45, 2.75) is 18.8 Å². The van der Waals surface area contributed by atoms with Crippen LogP contribution in [0.3, 0.4) is 0 Å². The molecule has 4 aromatic carbocycles. The molecular formula is C34H25N3. The maximum absolute atomic E-state index is 5.08. The molecule has 0 aliphatic heterocycles. The average molecular weight is 476 g/mol. The van der Waals surface area contributed by atoms with E-state index in [-0.39, 0.29) is 5.92 Å². The molecule has 0 fully saturated rings. The molecule has 1 aliphatic carbocycles. The highest BCUT2D eigenvalue weighted by atomic mass is 14.9. The first-order chi connectivity index (χ1) is 18.4. The number of aromatic nitrogens is 3. The van der Waals surface area contributed by atoms with Crippen molar-refractivity contribution in [2.75, 3.05) is 0 Å². The lowest BCUT2D eigenvalue weighted by Gasteiger charge is -2.24. The Kier molecular flexibility index (Phi) is 5.32. The van der Waals surface area contributed by atoms with E-state index in [0.29, 0.717) is 5.82 Å². The average Bonchev–Trinajstić information content (AvgIpc) is 3.41. The van der Waals surface area contributed by atoms with Crippen molar-refractivity contribution in [3.05, 3.63) is 138 Å². The summed E-state index contributed by atoms with van der Waals surface area (Å²) in [6, 6.07) is 36.6. The molecule has 0 N–H and O–H groups in total. The third-order valence-corrected chi connectivity index (χ3v) is 7.52. The fourth-order valence-corrected chi connectivity index (χ4v) is 5.89. The van der Waals surface area contributed by atoms with Gasteiger partial charge in [-0.3, -0.25) is 4.98 Å². The molecule has 0 radical (unpaired) electrons. The zero-order valence-corrected chi connectivity index (χ0v) is 20.4. The molecule has 0 bridgehead atoms. The number of benzene rings is 4. The largest absolute Gasteiger partial charge is 0.252 e. The predicted molar refractivity (Wildman–Crippen MR) is 150 cm³/mol. The molecule has 2 heterocycles. The molecule has 6 aromatic rings. The number of fused-ring (bicyclic) bond motifs is 2. The molecule has 0 amide bonds. The van der Waals surface area contributed by atoms with Gasteiger partial charge in [0.1, 0.15) is 5.69 Å². The molecule has 37 heavy (non-hydrogen) atoms. The van der Waals surface area contributed by atoms with Gasteiger partial charge < -0.3 is 0 Å². The number of hydrogen-bond acceptors (Lipinski definition) is 3. The Balaban J connectivity index is 1.63. The molecule has 176 valence electrons. The van der Waals surface area contributed by atoms with Crippen LogP contribution >= 0.6 is 0 Å². The first-order valence-electron chi connectivity index (χ1n) is 12.8. The topological polar surface area (TPSA) is 38.7 Å². The molecular weight excluding hydrogens is 450 g/mol. The molecule has 1 unspecified atom stereocenters. The molecule has 0 saturated carbocycles. The molecule has 7 rings (SSSR count). The summed E-state index contributed by atoms with van der Waals surface area (Å²) in [7, 11) is 0. The van der Waals surface area contributed by atoms with E-state index in [2.05, 4.69) is 107 Å². The smallest absolute Gasteiger partial charge is 0.178 e. The number of pyridine rings is 1. The van der Waals surface area contributed by atoms with E-state index in [1.54, 1.807) is 12.4 Å². The van der Waals surface area contributed by atoms with Crippen molar-refractivity contribution < 1.29 is 0 Å². The van der Waals surface area contributed by atoms with Gasteiger partial charge in [-0.2, -0.15) is 0 Å². The lowest BCUT2D eigenvalue weighted by Crippen LogP contribution is -2.07. The zero-order chi connectivity index (χ0) is 24.6. The van der Waals surface area contributed by atoms with Crippen molar-refractivity contribution in [2.24, 2.45) is 0 Å². The van der Waals surface area contributed by atoms with Gasteiger partial charge in [0.2, 0.25) is 0 Å². The number of rotatable bonds is 4. The van der Waals surface area contributed by atoms with E-state index >= 15 is 0 Å². The zero-order valence-electron chi connectivity index (χ0n) is 20.4. The van der Waals surface area contributed by atoms with Crippen LogP contribution < -0.4 is 0 Å². The van der Waals surface area contributed by atoms with Gasteiger partial charge in [-0.15, -0.1) is 0 Å². The Labute approximate surface area is 216 Å². The monoisotopic (exact) mass is 475 g/mol. The Morgan fingerprint density at radius 2 is 1.38 bits per heavy atom. The molecule has 1 atom stereocenters. The van der Waals surface area contributed by atoms with E-state index < -0.39 is 0 Å². The number of hydrogen-bond donors (Lipinski definition) is 0. The van der Waals surface area contributed by atoms with Crippen molar-refractivity contribution in [3.8, 4) is 33.8 Å². The van der Waals surface area contributed by atoms with Gasteiger partial charge in [0.05, 0.1) is 0 Å². The third kappa shape index (κ3) is 3.71. The van der Waals surface area contributed by atoms with Crippen LogP contribution in [0.2, 0.25) is 0 Å². The van der Waals surface area contributed by atoms with Crippen LogP contribution in [-0.4, -0.2) is 15.0 Å². The second kappa shape index (κ2) is 9.11. The van der Waals surface area contributed by atoms with E-state index in [4.69, 9.17) is 4.98 Å². The van der Waals surface area contributed by atoms with E-state index in [1.807, 2.05) is 12.3 Å². The SMILES string of the molecule is c1ccc(-c2cnc(-c3ncccn3)c(C3CCc4ccccc43)c2-c2cccc3ccccc23)cc1. The van der Waals surface area contributed by atoms with Crippen molar-refractivity contribution in [1.29, 1.82) is 0 Å². The predicted octanol–water partition coefficient (Wildman–Crippen LogP) is 8.10. The number of aryl methyl sites for hydroxylation is 1. The van der Waals surface area contributed by atoms with Crippen LogP contribution in [0, 0.1) is 0 Å². The summed E-state index contributed by atoms with van der Waals surface area (Å²) >= 11 is 0. The van der Waals surface area contributed by atoms with Crippen LogP contribution in [-0.2, 0) is 6.42 Å². The minimum absolute atomic E-state index is 0.208. The first-order valence-corrected chi connectivity index (χ1v) is 12.8. The number of nitrogens with zero attached hydrogens (tertiary/aromatic N) is 3. The molecule has 0 spiro atoms. The summed E-state index contributed by atoms with van der Waals surface area (Å²) in [6.45, 7) is 0. The summed E-state index contributed by atoms with van der Waals surface area (Å²) in [5, 5.41) is 2.46. The normalized spacial score (nSPS) is 14.5. The van der Waals surface area contributed by atoms with Gasteiger partial charge in [-0.05, 0) is 63.1 Å². The summed E-state index contributed by atoms with van der Waals surface area (Å²) in [5.41, 5.74) is 9.62. The van der Waals surface area contributed by atoms with Crippen LogP contribution in [0.4, 0.5) is 0 Å². The Morgan fingerprint density at radius 1 is 0.622 bits per heavy atom. The van der Waals surface area contributed by atoms with Gasteiger partial charge >= 0.3 is 0 Å². The molecule has 1 aliphatic rings. The molecule has 3 heteroatoms. The van der Waals surface area contributed by atoms with E-state index in [0.717, 1.165) is 29.7 Å². The summed E-state index contributed by atoms with van der Waals surface area (Å²) in [5.74, 6) is 0.878. The Morgan fingerprint density at radius 3 is 2.27 bits per heavy atom. The van der Waals surface area contributed by atoms with Crippen molar-refractivity contribution in [3.63, 3.8) is 0 Å². The highest BCUT2D eigenvalue weighted by molar-refractivity contribution is 6.02. The lowest BCUT2D eigenvalue weighted by molar-refractivity contribution is 0.786. The summed E-state index contributed by atoms with van der Waals surface area (Å²) in [4.78, 5) is 14.4. The van der Waals surface area contributed by atoms with E-state index in [9.17, 15) is 0 Å². The van der Waals surface area contributed by atoms with Crippen molar-refractivity contribution >= 4 is 10.8 Å². The van der Waals surface area contributed by atoms with Crippen molar-refractivity contribution in [1.82, 2.24) is 15.0 Å². The van der Waals surface area contributed by atoms with Gasteiger partial charge in [0, 0.05) is 30.1 Å². The maximum atomic E-state index is 5.08. The Hall–Kier alpha value is -4.63. The molecule has 0 saturated heterocycles. The van der Waals surface area contributed by atoms with Gasteiger partial charge in [0.15, 0.2) is 5.82 Å². The molecule has 3 nitrogen and oxygen atoms in total. The van der Waals surface area contributed by atoms with Crippen LogP contribution in [0.25, 0.3) is 44.5 Å².